The summed E-state index contributed by atoms with van der Waals surface area (Å²) >= 11 is 0. The van der Waals surface area contributed by atoms with Gasteiger partial charge in [-0.05, 0) is 19.4 Å². The van der Waals surface area contributed by atoms with Gasteiger partial charge in [-0.25, -0.2) is 0 Å². The lowest BCUT2D eigenvalue weighted by Gasteiger charge is -2.23. The van der Waals surface area contributed by atoms with Crippen molar-refractivity contribution in [2.75, 3.05) is 33.6 Å². The lowest BCUT2D eigenvalue weighted by Crippen LogP contribution is -2.42. The molecule has 0 unspecified atom stereocenters. The summed E-state index contributed by atoms with van der Waals surface area (Å²) in [5.74, 6) is -0.132. The van der Waals surface area contributed by atoms with Crippen LogP contribution in [-0.2, 0) is 23.4 Å². The van der Waals surface area contributed by atoms with Crippen LogP contribution in [0.15, 0.2) is 0 Å². The van der Waals surface area contributed by atoms with E-state index in [4.69, 9.17) is 23.6 Å². The molecule has 18 heavy (non-hydrogen) atoms. The van der Waals surface area contributed by atoms with E-state index >= 15 is 0 Å². The van der Waals surface area contributed by atoms with Crippen LogP contribution in [0.2, 0.25) is 6.04 Å². The summed E-state index contributed by atoms with van der Waals surface area (Å²) in [6, 6.07) is 0.785. The van der Waals surface area contributed by atoms with Gasteiger partial charge in [0.05, 0.1) is 5.75 Å². The minimum atomic E-state index is -3.67. The molecule has 0 aromatic rings. The average Bonchev–Trinajstić information content (AvgIpc) is 2.31. The van der Waals surface area contributed by atoms with Crippen LogP contribution >= 0.6 is 0 Å². The predicted molar refractivity (Wildman–Crippen MR) is 72.0 cm³/mol. The molecule has 0 radical (unpaired) electrons. The largest absolute Gasteiger partial charge is 0.500 e. The maximum Gasteiger partial charge on any atom is 0.500 e. The Morgan fingerprint density at radius 1 is 1.17 bits per heavy atom. The first-order valence-corrected chi connectivity index (χ1v) is 9.15. The Balaban J connectivity index is 0. The van der Waals surface area contributed by atoms with E-state index in [9.17, 15) is 8.42 Å². The van der Waals surface area contributed by atoms with E-state index in [0.717, 1.165) is 12.5 Å². The fourth-order valence-electron chi connectivity index (χ4n) is 1.13. The number of hydrogen-bond acceptors (Lipinski definition) is 6. The fraction of sp³-hybridized carbons (Fsp3) is 1.00. The highest BCUT2D eigenvalue weighted by Gasteiger charge is 2.36. The summed E-state index contributed by atoms with van der Waals surface area (Å²) in [5.41, 5.74) is 5.36. The van der Waals surface area contributed by atoms with Crippen LogP contribution in [0.3, 0.4) is 0 Å². The third-order valence-corrected chi connectivity index (χ3v) is 5.84. The second kappa shape index (κ2) is 10.8. The van der Waals surface area contributed by atoms with Gasteiger partial charge in [0.1, 0.15) is 0 Å². The minimum Gasteiger partial charge on any atom is -0.377 e. The maximum atomic E-state index is 9.79. The van der Waals surface area contributed by atoms with Gasteiger partial charge in [-0.1, -0.05) is 6.92 Å². The summed E-state index contributed by atoms with van der Waals surface area (Å²) in [6.07, 6.45) is 1.35. The summed E-state index contributed by atoms with van der Waals surface area (Å²) in [5, 5.41) is 0. The monoisotopic (exact) mass is 303 g/mol. The van der Waals surface area contributed by atoms with Crippen molar-refractivity contribution in [2.24, 2.45) is 5.73 Å². The van der Waals surface area contributed by atoms with Crippen LogP contribution in [0.1, 0.15) is 19.8 Å². The summed E-state index contributed by atoms with van der Waals surface area (Å²) < 4.78 is 43.1. The van der Waals surface area contributed by atoms with Gasteiger partial charge in [0.25, 0.3) is 10.1 Å². The van der Waals surface area contributed by atoms with Crippen molar-refractivity contribution in [3.05, 3.63) is 0 Å². The van der Waals surface area contributed by atoms with Crippen molar-refractivity contribution in [2.45, 2.75) is 25.8 Å². The molecule has 0 aromatic carbocycles. The molecule has 0 atom stereocenters. The van der Waals surface area contributed by atoms with Gasteiger partial charge < -0.3 is 19.0 Å². The summed E-state index contributed by atoms with van der Waals surface area (Å²) in [4.78, 5) is 0. The molecule has 0 saturated heterocycles. The Kier molecular flexibility index (Phi) is 12.2. The highest BCUT2D eigenvalue weighted by Crippen LogP contribution is 2.13. The first-order valence-electron chi connectivity index (χ1n) is 5.61. The third kappa shape index (κ3) is 11.1. The molecule has 7 nitrogen and oxygen atoms in total. The van der Waals surface area contributed by atoms with Gasteiger partial charge in [-0.2, -0.15) is 8.42 Å². The van der Waals surface area contributed by atoms with E-state index in [1.807, 2.05) is 0 Å². The Labute approximate surface area is 111 Å². The van der Waals surface area contributed by atoms with Crippen LogP contribution < -0.4 is 5.73 Å². The lowest BCUT2D eigenvalue weighted by atomic mass is 10.5. The maximum absolute atomic E-state index is 9.79. The van der Waals surface area contributed by atoms with Gasteiger partial charge in [0.2, 0.25) is 0 Å². The molecule has 0 aliphatic carbocycles. The molecule has 3 N–H and O–H groups in total. The molecule has 0 amide bonds. The molecule has 0 heterocycles. The first kappa shape index (κ1) is 20.3. The van der Waals surface area contributed by atoms with Crippen LogP contribution in [0, 0.1) is 0 Å². The van der Waals surface area contributed by atoms with Gasteiger partial charge in [-0.3, -0.25) is 4.55 Å². The fourth-order valence-corrected chi connectivity index (χ4v) is 3.40. The van der Waals surface area contributed by atoms with E-state index in [1.165, 1.54) is 0 Å². The molecule has 0 aliphatic heterocycles. The first-order chi connectivity index (χ1) is 8.30. The molecule has 0 aliphatic rings. The van der Waals surface area contributed by atoms with Gasteiger partial charge in [0, 0.05) is 27.4 Å². The highest BCUT2D eigenvalue weighted by molar-refractivity contribution is 7.85. The minimum absolute atomic E-state index is 0.132. The van der Waals surface area contributed by atoms with E-state index in [-0.39, 0.29) is 5.75 Å². The molecule has 0 bridgehead atoms. The number of nitrogens with two attached hydrogens (primary N) is 1. The molecule has 0 rings (SSSR count). The summed E-state index contributed by atoms with van der Waals surface area (Å²) in [7, 11) is -1.17. The van der Waals surface area contributed by atoms with Crippen molar-refractivity contribution in [1.82, 2.24) is 0 Å². The van der Waals surface area contributed by atoms with Crippen molar-refractivity contribution in [1.29, 1.82) is 0 Å². The van der Waals surface area contributed by atoms with Crippen molar-refractivity contribution in [3.63, 3.8) is 0 Å². The number of hydrogen-bond donors (Lipinski definition) is 2. The number of rotatable bonds is 8. The predicted octanol–water partition coefficient (Wildman–Crippen LogP) is 0.498. The topological polar surface area (TPSA) is 108 Å². The zero-order valence-corrected chi connectivity index (χ0v) is 13.3. The molecular formula is C9H25NO6SSi. The molecule has 112 valence electrons. The molecular weight excluding hydrogens is 278 g/mol. The van der Waals surface area contributed by atoms with E-state index in [1.54, 1.807) is 28.3 Å². The van der Waals surface area contributed by atoms with Crippen molar-refractivity contribution < 1.29 is 26.2 Å². The van der Waals surface area contributed by atoms with E-state index < -0.39 is 18.9 Å². The van der Waals surface area contributed by atoms with Crippen LogP contribution in [0.4, 0.5) is 0 Å². The zero-order valence-electron chi connectivity index (χ0n) is 11.5. The SMILES string of the molecule is CCCS(=O)(=O)O.CO[Si](CCCN)(OC)OC. The molecule has 0 fully saturated rings. The lowest BCUT2D eigenvalue weighted by molar-refractivity contribution is 0.123. The molecule has 0 saturated carbocycles. The molecule has 0 spiro atoms. The Morgan fingerprint density at radius 2 is 1.61 bits per heavy atom. The Morgan fingerprint density at radius 3 is 1.78 bits per heavy atom. The smallest absolute Gasteiger partial charge is 0.377 e. The van der Waals surface area contributed by atoms with Crippen LogP contribution in [0.25, 0.3) is 0 Å². The van der Waals surface area contributed by atoms with Crippen molar-refractivity contribution in [3.8, 4) is 0 Å². The van der Waals surface area contributed by atoms with Gasteiger partial charge in [-0.15, -0.1) is 0 Å². The Hall–Kier alpha value is -0.0331. The van der Waals surface area contributed by atoms with E-state index in [2.05, 4.69) is 0 Å². The Bertz CT molecular complexity index is 273. The normalized spacial score (nSPS) is 11.9. The van der Waals surface area contributed by atoms with Crippen molar-refractivity contribution >= 4 is 18.9 Å². The van der Waals surface area contributed by atoms with Gasteiger partial charge in [0.15, 0.2) is 0 Å². The van der Waals surface area contributed by atoms with Crippen LogP contribution in [-0.4, -0.2) is 55.4 Å². The van der Waals surface area contributed by atoms with E-state index in [0.29, 0.717) is 13.0 Å². The zero-order chi connectivity index (χ0) is 14.7. The summed E-state index contributed by atoms with van der Waals surface area (Å²) in [6.45, 7) is 2.33. The quantitative estimate of drug-likeness (QED) is 0.496. The average molecular weight is 303 g/mol. The highest BCUT2D eigenvalue weighted by atomic mass is 32.2. The van der Waals surface area contributed by atoms with Gasteiger partial charge >= 0.3 is 8.80 Å². The molecule has 9 heteroatoms. The third-order valence-electron chi connectivity index (χ3n) is 2.08. The standard InChI is InChI=1S/C6H17NO3Si.C3H8O3S/c1-8-11(9-2,10-3)6-4-5-7;1-2-3-7(4,5)6/h4-7H2,1-3H3;2-3H2,1H3,(H,4,5,6). The molecule has 0 aromatic heterocycles. The second-order valence-electron chi connectivity index (χ2n) is 3.47. The van der Waals surface area contributed by atoms with Crippen LogP contribution in [0.5, 0.6) is 0 Å². The second-order valence-corrected chi connectivity index (χ2v) is 8.14.